The molecule has 0 saturated heterocycles. The lowest BCUT2D eigenvalue weighted by molar-refractivity contribution is 0.891. The third-order valence-electron chi connectivity index (χ3n) is 1.97. The van der Waals surface area contributed by atoms with Crippen molar-refractivity contribution in [2.75, 3.05) is 11.9 Å². The summed E-state index contributed by atoms with van der Waals surface area (Å²) >= 11 is 0. The van der Waals surface area contributed by atoms with Crippen LogP contribution in [0.5, 0.6) is 0 Å². The molecule has 0 aliphatic rings. The zero-order valence-corrected chi connectivity index (χ0v) is 8.22. The fraction of sp³-hybridized carbons (Fsp3) is 0.333. The highest BCUT2D eigenvalue weighted by atomic mass is 14.9. The van der Waals surface area contributed by atoms with E-state index >= 15 is 0 Å². The van der Waals surface area contributed by atoms with Crippen LogP contribution in [0.25, 0.3) is 0 Å². The van der Waals surface area contributed by atoms with Crippen LogP contribution >= 0.6 is 0 Å². The molecular weight excluding hydrogens is 158 g/mol. The van der Waals surface area contributed by atoms with Gasteiger partial charge < -0.3 is 5.32 Å². The highest BCUT2D eigenvalue weighted by Crippen LogP contribution is 2.08. The Balaban J connectivity index is 2.28. The summed E-state index contributed by atoms with van der Waals surface area (Å²) in [4.78, 5) is 0. The first-order valence-electron chi connectivity index (χ1n) is 4.74. The molecule has 70 valence electrons. The Kier molecular flexibility index (Phi) is 4.10. The van der Waals surface area contributed by atoms with Crippen molar-refractivity contribution < 1.29 is 0 Å². The third kappa shape index (κ3) is 3.79. The molecule has 0 heterocycles. The van der Waals surface area contributed by atoms with E-state index in [1.807, 2.05) is 6.08 Å². The van der Waals surface area contributed by atoms with Crippen LogP contribution in [-0.4, -0.2) is 6.54 Å². The van der Waals surface area contributed by atoms with Gasteiger partial charge in [-0.1, -0.05) is 23.8 Å². The van der Waals surface area contributed by atoms with E-state index in [-0.39, 0.29) is 0 Å². The summed E-state index contributed by atoms with van der Waals surface area (Å²) in [6, 6.07) is 8.47. The van der Waals surface area contributed by atoms with Gasteiger partial charge in [-0.3, -0.25) is 0 Å². The van der Waals surface area contributed by atoms with E-state index in [2.05, 4.69) is 43.1 Å². The molecular formula is C12H17N. The fourth-order valence-electron chi connectivity index (χ4n) is 1.15. The van der Waals surface area contributed by atoms with Gasteiger partial charge in [0.05, 0.1) is 0 Å². The molecule has 0 aliphatic carbocycles. The molecule has 0 fully saturated rings. The van der Waals surface area contributed by atoms with Gasteiger partial charge in [0, 0.05) is 12.2 Å². The van der Waals surface area contributed by atoms with Gasteiger partial charge in [0.15, 0.2) is 0 Å². The van der Waals surface area contributed by atoms with Gasteiger partial charge in [-0.2, -0.15) is 0 Å². The summed E-state index contributed by atoms with van der Waals surface area (Å²) in [6.07, 6.45) is 4.19. The van der Waals surface area contributed by atoms with E-state index in [0.29, 0.717) is 0 Å². The number of nitrogens with one attached hydrogen (secondary N) is 1. The lowest BCUT2D eigenvalue weighted by Crippen LogP contribution is -2.00. The van der Waals surface area contributed by atoms with Crippen molar-refractivity contribution in [3.05, 3.63) is 42.5 Å². The maximum Gasteiger partial charge on any atom is 0.0340 e. The monoisotopic (exact) mass is 175 g/mol. The fourth-order valence-corrected chi connectivity index (χ4v) is 1.15. The third-order valence-corrected chi connectivity index (χ3v) is 1.97. The molecule has 1 aromatic rings. The maximum absolute atomic E-state index is 3.69. The molecule has 0 unspecified atom stereocenters. The average Bonchev–Trinajstić information content (AvgIpc) is 2.15. The quantitative estimate of drug-likeness (QED) is 0.534. The summed E-state index contributed by atoms with van der Waals surface area (Å²) in [5, 5.41) is 3.36. The van der Waals surface area contributed by atoms with Crippen molar-refractivity contribution in [1.29, 1.82) is 0 Å². The highest BCUT2D eigenvalue weighted by Gasteiger charge is 1.89. The number of anilines is 1. The lowest BCUT2D eigenvalue weighted by Gasteiger charge is -2.04. The van der Waals surface area contributed by atoms with Crippen LogP contribution in [-0.2, 0) is 0 Å². The number of benzene rings is 1. The van der Waals surface area contributed by atoms with Crippen LogP contribution in [0, 0.1) is 6.92 Å². The molecule has 0 aromatic heterocycles. The number of rotatable bonds is 5. The van der Waals surface area contributed by atoms with Gasteiger partial charge in [-0.05, 0) is 31.9 Å². The van der Waals surface area contributed by atoms with Gasteiger partial charge in [0.2, 0.25) is 0 Å². The van der Waals surface area contributed by atoms with Crippen molar-refractivity contribution in [3.63, 3.8) is 0 Å². The molecule has 1 heteroatoms. The molecule has 1 rings (SSSR count). The summed E-state index contributed by atoms with van der Waals surface area (Å²) in [7, 11) is 0. The molecule has 0 bridgehead atoms. The Morgan fingerprint density at radius 3 is 2.62 bits per heavy atom. The van der Waals surface area contributed by atoms with Crippen LogP contribution in [0.15, 0.2) is 36.9 Å². The predicted molar refractivity (Wildman–Crippen MR) is 59.1 cm³/mol. The first kappa shape index (κ1) is 9.85. The molecule has 1 aromatic carbocycles. The maximum atomic E-state index is 3.69. The first-order valence-corrected chi connectivity index (χ1v) is 4.74. The van der Waals surface area contributed by atoms with Gasteiger partial charge >= 0.3 is 0 Å². The summed E-state index contributed by atoms with van der Waals surface area (Å²) < 4.78 is 0. The minimum absolute atomic E-state index is 1.02. The van der Waals surface area contributed by atoms with Crippen molar-refractivity contribution >= 4 is 5.69 Å². The molecule has 0 atom stereocenters. The van der Waals surface area contributed by atoms with Crippen molar-refractivity contribution in [2.24, 2.45) is 0 Å². The van der Waals surface area contributed by atoms with Gasteiger partial charge in [0.25, 0.3) is 0 Å². The van der Waals surface area contributed by atoms with E-state index in [1.165, 1.54) is 11.3 Å². The largest absolute Gasteiger partial charge is 0.385 e. The Morgan fingerprint density at radius 2 is 2.00 bits per heavy atom. The number of unbranched alkanes of at least 4 members (excludes halogenated alkanes) is 1. The standard InChI is InChI=1S/C12H17N/c1-3-4-5-10-13-12-8-6-11(2)7-9-12/h3,6-9,13H,1,4-5,10H2,2H3. The minimum Gasteiger partial charge on any atom is -0.385 e. The Labute approximate surface area is 80.5 Å². The Morgan fingerprint density at radius 1 is 1.31 bits per heavy atom. The van der Waals surface area contributed by atoms with Gasteiger partial charge in [0.1, 0.15) is 0 Å². The SMILES string of the molecule is C=CCCCNc1ccc(C)cc1. The number of hydrogen-bond donors (Lipinski definition) is 1. The van der Waals surface area contributed by atoms with Crippen LogP contribution in [0.2, 0.25) is 0 Å². The zero-order valence-electron chi connectivity index (χ0n) is 8.22. The second-order valence-electron chi connectivity index (χ2n) is 3.22. The number of aryl methyl sites for hydroxylation is 1. The molecule has 13 heavy (non-hydrogen) atoms. The second kappa shape index (κ2) is 5.41. The van der Waals surface area contributed by atoms with E-state index in [4.69, 9.17) is 0 Å². The normalized spacial score (nSPS) is 9.62. The Hall–Kier alpha value is -1.24. The molecule has 1 nitrogen and oxygen atoms in total. The summed E-state index contributed by atoms with van der Waals surface area (Å²) in [5.41, 5.74) is 2.51. The molecule has 1 N–H and O–H groups in total. The van der Waals surface area contributed by atoms with Crippen LogP contribution < -0.4 is 5.32 Å². The minimum atomic E-state index is 1.02. The molecule has 0 spiro atoms. The van der Waals surface area contributed by atoms with E-state index in [9.17, 15) is 0 Å². The summed E-state index contributed by atoms with van der Waals surface area (Å²) in [6.45, 7) is 6.81. The first-order chi connectivity index (χ1) is 6.33. The zero-order chi connectivity index (χ0) is 9.52. The van der Waals surface area contributed by atoms with E-state index in [0.717, 1.165) is 19.4 Å². The van der Waals surface area contributed by atoms with Gasteiger partial charge in [-0.25, -0.2) is 0 Å². The van der Waals surface area contributed by atoms with Crippen LogP contribution in [0.4, 0.5) is 5.69 Å². The molecule has 0 amide bonds. The number of hydrogen-bond acceptors (Lipinski definition) is 1. The number of allylic oxidation sites excluding steroid dienone is 1. The second-order valence-corrected chi connectivity index (χ2v) is 3.22. The molecule has 0 aliphatic heterocycles. The van der Waals surface area contributed by atoms with Crippen molar-refractivity contribution in [3.8, 4) is 0 Å². The molecule has 0 radical (unpaired) electrons. The topological polar surface area (TPSA) is 12.0 Å². The van der Waals surface area contributed by atoms with Gasteiger partial charge in [-0.15, -0.1) is 6.58 Å². The smallest absolute Gasteiger partial charge is 0.0340 e. The average molecular weight is 175 g/mol. The van der Waals surface area contributed by atoms with Crippen LogP contribution in [0.1, 0.15) is 18.4 Å². The van der Waals surface area contributed by atoms with Crippen molar-refractivity contribution in [1.82, 2.24) is 0 Å². The van der Waals surface area contributed by atoms with Crippen molar-refractivity contribution in [2.45, 2.75) is 19.8 Å². The lowest BCUT2D eigenvalue weighted by atomic mass is 10.2. The van der Waals surface area contributed by atoms with E-state index in [1.54, 1.807) is 0 Å². The Bertz CT molecular complexity index is 248. The summed E-state index contributed by atoms with van der Waals surface area (Å²) in [5.74, 6) is 0. The molecule has 0 saturated carbocycles. The highest BCUT2D eigenvalue weighted by molar-refractivity contribution is 5.44. The van der Waals surface area contributed by atoms with E-state index < -0.39 is 0 Å². The predicted octanol–water partition coefficient (Wildman–Crippen LogP) is 3.37. The van der Waals surface area contributed by atoms with Crippen LogP contribution in [0.3, 0.4) is 0 Å².